The van der Waals surface area contributed by atoms with Gasteiger partial charge in [0.25, 0.3) is 0 Å². The number of benzene rings is 1. The summed E-state index contributed by atoms with van der Waals surface area (Å²) >= 11 is 0. The van der Waals surface area contributed by atoms with Gasteiger partial charge in [0, 0.05) is 24.6 Å². The van der Waals surface area contributed by atoms with Crippen LogP contribution in [0.15, 0.2) is 36.7 Å². The molecule has 0 spiro atoms. The van der Waals surface area contributed by atoms with Crippen LogP contribution in [0.5, 0.6) is 0 Å². The molecule has 0 amide bonds. The Kier molecular flexibility index (Phi) is 4.72. The monoisotopic (exact) mass is 248 g/mol. The molecule has 0 atom stereocenters. The molecule has 0 aliphatic heterocycles. The van der Waals surface area contributed by atoms with Crippen molar-refractivity contribution in [3.63, 3.8) is 0 Å². The van der Waals surface area contributed by atoms with E-state index in [1.807, 2.05) is 12.3 Å². The maximum Gasteiger partial charge on any atom is 0.125 e. The highest BCUT2D eigenvalue weighted by Gasteiger charge is 1.95. The van der Waals surface area contributed by atoms with Crippen LogP contribution in [0, 0.1) is 5.82 Å². The lowest BCUT2D eigenvalue weighted by Gasteiger charge is -2.06. The van der Waals surface area contributed by atoms with Crippen molar-refractivity contribution in [3.05, 3.63) is 48.3 Å². The Balaban J connectivity index is 1.56. The molecule has 0 aliphatic rings. The fourth-order valence-corrected chi connectivity index (χ4v) is 1.65. The first-order valence-electron chi connectivity index (χ1n) is 6.03. The number of aromatic amines is 1. The molecule has 1 aromatic carbocycles. The summed E-state index contributed by atoms with van der Waals surface area (Å²) in [6.07, 6.45) is 4.52. The zero-order valence-electron chi connectivity index (χ0n) is 10.1. The molecule has 4 nitrogen and oxygen atoms in total. The molecule has 0 saturated carbocycles. The maximum atomic E-state index is 12.9. The molecule has 0 saturated heterocycles. The lowest BCUT2D eigenvalue weighted by Crippen LogP contribution is -2.18. The third-order valence-electron chi connectivity index (χ3n) is 2.53. The summed E-state index contributed by atoms with van der Waals surface area (Å²) in [4.78, 5) is 7.15. The first kappa shape index (κ1) is 12.6. The smallest absolute Gasteiger partial charge is 0.125 e. The second kappa shape index (κ2) is 6.76. The van der Waals surface area contributed by atoms with Crippen LogP contribution in [0.3, 0.4) is 0 Å². The van der Waals surface area contributed by atoms with Crippen LogP contribution in [-0.2, 0) is 6.54 Å². The molecule has 1 heterocycles. The molecule has 1 aromatic heterocycles. The molecule has 3 N–H and O–H groups in total. The quantitative estimate of drug-likeness (QED) is 0.658. The van der Waals surface area contributed by atoms with Crippen molar-refractivity contribution in [3.8, 4) is 0 Å². The van der Waals surface area contributed by atoms with Gasteiger partial charge >= 0.3 is 0 Å². The molecule has 2 rings (SSSR count). The van der Waals surface area contributed by atoms with Gasteiger partial charge in [-0.2, -0.15) is 0 Å². The lowest BCUT2D eigenvalue weighted by molar-refractivity contribution is 0.627. The van der Waals surface area contributed by atoms with Crippen LogP contribution < -0.4 is 10.6 Å². The topological polar surface area (TPSA) is 52.7 Å². The van der Waals surface area contributed by atoms with Crippen molar-refractivity contribution in [2.75, 3.05) is 18.4 Å². The number of hydrogen-bond acceptors (Lipinski definition) is 3. The predicted molar refractivity (Wildman–Crippen MR) is 69.8 cm³/mol. The Morgan fingerprint density at radius 3 is 3.00 bits per heavy atom. The first-order chi connectivity index (χ1) is 8.84. The van der Waals surface area contributed by atoms with E-state index < -0.39 is 0 Å². The van der Waals surface area contributed by atoms with E-state index >= 15 is 0 Å². The Morgan fingerprint density at radius 2 is 2.22 bits per heavy atom. The van der Waals surface area contributed by atoms with Gasteiger partial charge in [0.1, 0.15) is 11.6 Å². The summed E-state index contributed by atoms with van der Waals surface area (Å²) in [5.41, 5.74) is 0.820. The van der Waals surface area contributed by atoms with Gasteiger partial charge in [0.2, 0.25) is 0 Å². The van der Waals surface area contributed by atoms with Crippen LogP contribution in [0.2, 0.25) is 0 Å². The van der Waals surface area contributed by atoms with Crippen LogP contribution in [-0.4, -0.2) is 23.1 Å². The summed E-state index contributed by atoms with van der Waals surface area (Å²) in [6.45, 7) is 2.45. The number of nitrogens with zero attached hydrogens (tertiary/aromatic N) is 1. The van der Waals surface area contributed by atoms with Crippen molar-refractivity contribution >= 4 is 5.69 Å². The molecule has 0 bridgehead atoms. The van der Waals surface area contributed by atoms with Gasteiger partial charge in [-0.05, 0) is 31.2 Å². The number of nitrogens with one attached hydrogen (secondary N) is 3. The van der Waals surface area contributed by atoms with E-state index in [0.717, 1.165) is 37.6 Å². The zero-order valence-corrected chi connectivity index (χ0v) is 10.1. The van der Waals surface area contributed by atoms with E-state index in [0.29, 0.717) is 0 Å². The molecule has 0 radical (unpaired) electrons. The predicted octanol–water partition coefficient (Wildman–Crippen LogP) is 2.14. The van der Waals surface area contributed by atoms with Crippen LogP contribution in [0.1, 0.15) is 12.2 Å². The summed E-state index contributed by atoms with van der Waals surface area (Å²) in [5.74, 6) is 0.726. The minimum absolute atomic E-state index is 0.212. The number of imidazole rings is 1. The highest BCUT2D eigenvalue weighted by atomic mass is 19.1. The Bertz CT molecular complexity index is 456. The Hall–Kier alpha value is -1.88. The molecule has 2 aromatic rings. The summed E-state index contributed by atoms with van der Waals surface area (Å²) < 4.78 is 12.9. The fraction of sp³-hybridized carbons (Fsp3) is 0.308. The summed E-state index contributed by atoms with van der Waals surface area (Å²) in [7, 11) is 0. The van der Waals surface area contributed by atoms with Gasteiger partial charge in [-0.25, -0.2) is 9.37 Å². The largest absolute Gasteiger partial charge is 0.385 e. The van der Waals surface area contributed by atoms with Gasteiger partial charge in [-0.15, -0.1) is 0 Å². The van der Waals surface area contributed by atoms with Crippen LogP contribution in [0.4, 0.5) is 10.1 Å². The number of halogens is 1. The second-order valence-electron chi connectivity index (χ2n) is 4.00. The second-order valence-corrected chi connectivity index (χ2v) is 4.00. The normalized spacial score (nSPS) is 10.5. The highest BCUT2D eigenvalue weighted by Crippen LogP contribution is 2.08. The Labute approximate surface area is 106 Å². The minimum Gasteiger partial charge on any atom is -0.385 e. The summed E-state index contributed by atoms with van der Waals surface area (Å²) in [6, 6.07) is 6.50. The van der Waals surface area contributed by atoms with Crippen LogP contribution >= 0.6 is 0 Å². The van der Waals surface area contributed by atoms with E-state index in [-0.39, 0.29) is 5.82 Å². The van der Waals surface area contributed by atoms with Gasteiger partial charge in [-0.3, -0.25) is 0 Å². The van der Waals surface area contributed by atoms with E-state index in [4.69, 9.17) is 0 Å². The standard InChI is InChI=1S/C13H17FN4/c14-11-3-1-4-12(9-11)16-6-2-5-15-10-13-17-7-8-18-13/h1,3-4,7-9,15-16H,2,5-6,10H2,(H,17,18). The Morgan fingerprint density at radius 1 is 1.28 bits per heavy atom. The average Bonchev–Trinajstić information content (AvgIpc) is 2.87. The number of hydrogen-bond donors (Lipinski definition) is 3. The molecule has 0 unspecified atom stereocenters. The van der Waals surface area contributed by atoms with E-state index in [2.05, 4.69) is 20.6 Å². The maximum absolute atomic E-state index is 12.9. The molecule has 18 heavy (non-hydrogen) atoms. The molecular formula is C13H17FN4. The number of rotatable bonds is 7. The van der Waals surface area contributed by atoms with Gasteiger partial charge in [-0.1, -0.05) is 6.07 Å². The van der Waals surface area contributed by atoms with Gasteiger partial charge < -0.3 is 15.6 Å². The van der Waals surface area contributed by atoms with Crippen molar-refractivity contribution in [1.82, 2.24) is 15.3 Å². The third-order valence-corrected chi connectivity index (χ3v) is 2.53. The van der Waals surface area contributed by atoms with Gasteiger partial charge in [0.15, 0.2) is 0 Å². The number of anilines is 1. The lowest BCUT2D eigenvalue weighted by atomic mass is 10.3. The first-order valence-corrected chi connectivity index (χ1v) is 6.03. The molecule has 0 fully saturated rings. The van der Waals surface area contributed by atoms with E-state index in [9.17, 15) is 4.39 Å². The van der Waals surface area contributed by atoms with Crippen molar-refractivity contribution in [1.29, 1.82) is 0 Å². The van der Waals surface area contributed by atoms with Crippen molar-refractivity contribution in [2.45, 2.75) is 13.0 Å². The van der Waals surface area contributed by atoms with E-state index in [1.54, 1.807) is 12.3 Å². The molecule has 96 valence electrons. The van der Waals surface area contributed by atoms with E-state index in [1.165, 1.54) is 12.1 Å². The summed E-state index contributed by atoms with van der Waals surface area (Å²) in [5, 5.41) is 6.45. The zero-order chi connectivity index (χ0) is 12.6. The van der Waals surface area contributed by atoms with Gasteiger partial charge in [0.05, 0.1) is 6.54 Å². The fourth-order valence-electron chi connectivity index (χ4n) is 1.65. The number of H-pyrrole nitrogens is 1. The highest BCUT2D eigenvalue weighted by molar-refractivity contribution is 5.42. The van der Waals surface area contributed by atoms with Crippen molar-refractivity contribution < 1.29 is 4.39 Å². The molecular weight excluding hydrogens is 231 g/mol. The third kappa shape index (κ3) is 4.18. The SMILES string of the molecule is Fc1cccc(NCCCNCc2ncc[nH]2)c1. The number of aromatic nitrogens is 2. The minimum atomic E-state index is -0.212. The van der Waals surface area contributed by atoms with Crippen LogP contribution in [0.25, 0.3) is 0 Å². The molecule has 5 heteroatoms. The average molecular weight is 248 g/mol. The molecule has 0 aliphatic carbocycles. The van der Waals surface area contributed by atoms with Crippen molar-refractivity contribution in [2.24, 2.45) is 0 Å².